The number of nitrogens with zero attached hydrogens (tertiary/aromatic N) is 1. The van der Waals surface area contributed by atoms with Crippen LogP contribution in [-0.4, -0.2) is 69.0 Å². The minimum atomic E-state index is -3.21. The molecule has 2 fully saturated rings. The van der Waals surface area contributed by atoms with Crippen LogP contribution in [0.4, 0.5) is 0 Å². The molecule has 1 aromatic carbocycles. The van der Waals surface area contributed by atoms with E-state index in [1.807, 2.05) is 0 Å². The smallest absolute Gasteiger partial charge is 0.287 e. The van der Waals surface area contributed by atoms with Gasteiger partial charge in [-0.25, -0.2) is 8.42 Å². The number of benzene rings is 1. The lowest BCUT2D eigenvalue weighted by Gasteiger charge is -2.40. The number of hydrogen-bond acceptors (Lipinski definition) is 6. The number of likely N-dealkylation sites (tertiary alicyclic amines) is 1. The highest BCUT2D eigenvalue weighted by molar-refractivity contribution is 7.90. The Hall–Kier alpha value is -2.36. The fourth-order valence-corrected chi connectivity index (χ4v) is 6.28. The van der Waals surface area contributed by atoms with Crippen LogP contribution in [0.1, 0.15) is 36.2 Å². The first-order valence-corrected chi connectivity index (χ1v) is 13.8. The molecule has 10 heteroatoms. The van der Waals surface area contributed by atoms with Gasteiger partial charge in [0.25, 0.3) is 5.91 Å². The van der Waals surface area contributed by atoms with Gasteiger partial charge in [0, 0.05) is 36.5 Å². The van der Waals surface area contributed by atoms with Gasteiger partial charge in [-0.3, -0.25) is 9.59 Å². The molecule has 1 saturated carbocycles. The van der Waals surface area contributed by atoms with Crippen LogP contribution in [0.15, 0.2) is 40.8 Å². The summed E-state index contributed by atoms with van der Waals surface area (Å²) < 4.78 is 35.2. The van der Waals surface area contributed by atoms with E-state index in [1.165, 1.54) is 6.26 Å². The van der Waals surface area contributed by atoms with Crippen LogP contribution in [0.3, 0.4) is 0 Å². The fourth-order valence-electron chi connectivity index (χ4n) is 5.02. The van der Waals surface area contributed by atoms with Crippen molar-refractivity contribution in [2.75, 3.05) is 25.7 Å². The average molecular weight is 509 g/mol. The summed E-state index contributed by atoms with van der Waals surface area (Å²) in [4.78, 5) is 27.7. The van der Waals surface area contributed by atoms with Crippen LogP contribution in [0.25, 0.3) is 11.3 Å². The summed E-state index contributed by atoms with van der Waals surface area (Å²) in [5, 5.41) is 3.39. The SMILES string of the molecule is CO[C@@H]1CC[C@H](N2CC[C@H](NC(=O)c3ccc(-c4ccc(Cl)cc4)o3)C2=O)[C@H](CS(C)(=O)=O)C1. The molecular formula is C24H29ClN2O6S. The van der Waals surface area contributed by atoms with E-state index in [0.717, 1.165) is 12.0 Å². The van der Waals surface area contributed by atoms with Crippen molar-refractivity contribution in [3.05, 3.63) is 47.2 Å². The predicted octanol–water partition coefficient (Wildman–Crippen LogP) is 3.16. The fraction of sp³-hybridized carbons (Fsp3) is 0.500. The van der Waals surface area contributed by atoms with Crippen molar-refractivity contribution in [1.82, 2.24) is 10.2 Å². The number of carbonyl (C=O) groups is 2. The molecule has 8 nitrogen and oxygen atoms in total. The summed E-state index contributed by atoms with van der Waals surface area (Å²) >= 11 is 5.92. The minimum absolute atomic E-state index is 0.00927. The van der Waals surface area contributed by atoms with Crippen molar-refractivity contribution in [3.63, 3.8) is 0 Å². The summed E-state index contributed by atoms with van der Waals surface area (Å²) in [5.74, 6) is -0.183. The molecule has 1 N–H and O–H groups in total. The van der Waals surface area contributed by atoms with E-state index < -0.39 is 21.8 Å². The van der Waals surface area contributed by atoms with Crippen molar-refractivity contribution in [1.29, 1.82) is 0 Å². The largest absolute Gasteiger partial charge is 0.451 e. The maximum absolute atomic E-state index is 13.2. The molecule has 2 aromatic rings. The number of methoxy groups -OCH3 is 1. The molecule has 1 aliphatic carbocycles. The summed E-state index contributed by atoms with van der Waals surface area (Å²) in [7, 11) is -1.58. The standard InChI is InChI=1S/C24H29ClN2O6S/c1-32-18-7-8-20(16(13-18)14-34(2,30)31)27-12-11-19(24(27)29)26-23(28)22-10-9-21(33-22)15-3-5-17(25)6-4-15/h3-6,9-10,16,18-20H,7-8,11-14H2,1-2H3,(H,26,28)/t16-,18+,19-,20-/m0/s1. The van der Waals surface area contributed by atoms with Gasteiger partial charge in [0.1, 0.15) is 21.6 Å². The third-order valence-electron chi connectivity index (χ3n) is 6.65. The van der Waals surface area contributed by atoms with E-state index in [-0.39, 0.29) is 35.5 Å². The van der Waals surface area contributed by atoms with Gasteiger partial charge in [0.15, 0.2) is 5.76 Å². The second-order valence-corrected chi connectivity index (χ2v) is 11.7. The van der Waals surface area contributed by atoms with Crippen LogP contribution in [0.5, 0.6) is 0 Å². The molecule has 4 rings (SSSR count). The molecule has 2 amide bonds. The summed E-state index contributed by atoms with van der Waals surface area (Å²) in [6.45, 7) is 0.473. The molecular weight excluding hydrogens is 480 g/mol. The molecule has 2 aliphatic rings. The molecule has 184 valence electrons. The van der Waals surface area contributed by atoms with Crippen LogP contribution in [0, 0.1) is 5.92 Å². The Bertz CT molecular complexity index is 1150. The second-order valence-electron chi connectivity index (χ2n) is 9.11. The zero-order chi connectivity index (χ0) is 24.5. The Morgan fingerprint density at radius 2 is 1.91 bits per heavy atom. The molecule has 1 aliphatic heterocycles. The highest BCUT2D eigenvalue weighted by atomic mass is 35.5. The van der Waals surface area contributed by atoms with Crippen LogP contribution < -0.4 is 5.32 Å². The lowest BCUT2D eigenvalue weighted by atomic mass is 9.83. The molecule has 4 atom stereocenters. The zero-order valence-electron chi connectivity index (χ0n) is 19.2. The number of furan rings is 1. The van der Waals surface area contributed by atoms with Crippen molar-refractivity contribution in [2.45, 2.75) is 43.9 Å². The van der Waals surface area contributed by atoms with E-state index in [4.69, 9.17) is 20.8 Å². The lowest BCUT2D eigenvalue weighted by molar-refractivity contribution is -0.133. The van der Waals surface area contributed by atoms with Crippen LogP contribution >= 0.6 is 11.6 Å². The number of halogens is 1. The predicted molar refractivity (Wildman–Crippen MR) is 128 cm³/mol. The number of amides is 2. The Morgan fingerprint density at radius 3 is 2.59 bits per heavy atom. The molecule has 1 saturated heterocycles. The molecule has 0 unspecified atom stereocenters. The van der Waals surface area contributed by atoms with Crippen molar-refractivity contribution in [3.8, 4) is 11.3 Å². The lowest BCUT2D eigenvalue weighted by Crippen LogP contribution is -2.50. The monoisotopic (exact) mass is 508 g/mol. The highest BCUT2D eigenvalue weighted by Crippen LogP contribution is 2.33. The first-order chi connectivity index (χ1) is 16.1. The van der Waals surface area contributed by atoms with E-state index >= 15 is 0 Å². The van der Waals surface area contributed by atoms with Crippen molar-refractivity contribution < 1.29 is 27.2 Å². The first kappa shape index (κ1) is 24.8. The third-order valence-corrected chi connectivity index (χ3v) is 7.93. The van der Waals surface area contributed by atoms with Crippen molar-refractivity contribution in [2.24, 2.45) is 5.92 Å². The van der Waals surface area contributed by atoms with Gasteiger partial charge in [-0.2, -0.15) is 0 Å². The number of sulfone groups is 1. The van der Waals surface area contributed by atoms with E-state index in [0.29, 0.717) is 36.6 Å². The molecule has 0 bridgehead atoms. The third kappa shape index (κ3) is 5.64. The van der Waals surface area contributed by atoms with E-state index in [9.17, 15) is 18.0 Å². The van der Waals surface area contributed by atoms with Gasteiger partial charge in [-0.05, 0) is 68.0 Å². The maximum atomic E-state index is 13.2. The van der Waals surface area contributed by atoms with Gasteiger partial charge in [-0.1, -0.05) is 11.6 Å². The normalized spacial score (nSPS) is 25.5. The number of carbonyl (C=O) groups excluding carboxylic acids is 2. The van der Waals surface area contributed by atoms with Crippen molar-refractivity contribution >= 4 is 33.3 Å². The minimum Gasteiger partial charge on any atom is -0.451 e. The van der Waals surface area contributed by atoms with Crippen LogP contribution in [0.2, 0.25) is 5.02 Å². The summed E-state index contributed by atoms with van der Waals surface area (Å²) in [6.07, 6.45) is 3.71. The van der Waals surface area contributed by atoms with Gasteiger partial charge in [0.05, 0.1) is 11.9 Å². The maximum Gasteiger partial charge on any atom is 0.287 e. The first-order valence-electron chi connectivity index (χ1n) is 11.3. The topological polar surface area (TPSA) is 106 Å². The number of rotatable bonds is 7. The Labute approximate surface area is 204 Å². The van der Waals surface area contributed by atoms with E-state index in [1.54, 1.807) is 48.4 Å². The number of hydrogen-bond donors (Lipinski definition) is 1. The highest BCUT2D eigenvalue weighted by Gasteiger charge is 2.43. The quantitative estimate of drug-likeness (QED) is 0.615. The molecule has 1 aromatic heterocycles. The Kier molecular flexibility index (Phi) is 7.35. The molecule has 0 spiro atoms. The van der Waals surface area contributed by atoms with Gasteiger partial charge in [0.2, 0.25) is 5.91 Å². The Balaban J connectivity index is 1.42. The summed E-state index contributed by atoms with van der Waals surface area (Å²) in [6, 6.07) is 9.49. The van der Waals surface area contributed by atoms with E-state index in [2.05, 4.69) is 5.32 Å². The molecule has 2 heterocycles. The van der Waals surface area contributed by atoms with Gasteiger partial charge < -0.3 is 19.4 Å². The zero-order valence-corrected chi connectivity index (χ0v) is 20.8. The summed E-state index contributed by atoms with van der Waals surface area (Å²) in [5.41, 5.74) is 0.787. The van der Waals surface area contributed by atoms with Gasteiger partial charge in [-0.15, -0.1) is 0 Å². The molecule has 0 radical (unpaired) electrons. The number of ether oxygens (including phenoxy) is 1. The number of nitrogens with one attached hydrogen (secondary N) is 1. The van der Waals surface area contributed by atoms with Gasteiger partial charge >= 0.3 is 0 Å². The van der Waals surface area contributed by atoms with Crippen LogP contribution in [-0.2, 0) is 19.4 Å². The molecule has 34 heavy (non-hydrogen) atoms. The average Bonchev–Trinajstić information content (AvgIpc) is 3.41. The Morgan fingerprint density at radius 1 is 1.18 bits per heavy atom. The second kappa shape index (κ2) is 10.1.